The van der Waals surface area contributed by atoms with Gasteiger partial charge in [0, 0.05) is 30.9 Å². The summed E-state index contributed by atoms with van der Waals surface area (Å²) in [5, 5.41) is 0. The molecule has 1 heterocycles. The molecule has 2 aromatic rings. The maximum Gasteiger partial charge on any atom is 0.255 e. The van der Waals surface area contributed by atoms with Crippen molar-refractivity contribution < 1.29 is 4.79 Å². The molecule has 0 saturated heterocycles. The molecule has 1 aromatic carbocycles. The van der Waals surface area contributed by atoms with Crippen LogP contribution in [0, 0.1) is 0 Å². The fourth-order valence-electron chi connectivity index (χ4n) is 1.69. The van der Waals surface area contributed by atoms with E-state index in [2.05, 4.69) is 17.6 Å². The predicted molar refractivity (Wildman–Crippen MR) is 73.7 cm³/mol. The van der Waals surface area contributed by atoms with Crippen molar-refractivity contribution in [3.63, 3.8) is 0 Å². The van der Waals surface area contributed by atoms with Gasteiger partial charge in [0.1, 0.15) is 0 Å². The van der Waals surface area contributed by atoms with Crippen LogP contribution in [0.4, 0.5) is 0 Å². The maximum absolute atomic E-state index is 12.2. The molecular formula is C14H14N2OS. The number of hydrogen-bond acceptors (Lipinski definition) is 3. The van der Waals surface area contributed by atoms with Crippen LogP contribution in [0.15, 0.2) is 53.7 Å². The molecule has 1 aromatic heterocycles. The number of nitrogens with zero attached hydrogens (tertiary/aromatic N) is 2. The van der Waals surface area contributed by atoms with Crippen molar-refractivity contribution in [1.82, 2.24) is 9.88 Å². The zero-order valence-electron chi connectivity index (χ0n) is 10.1. The number of rotatable bonds is 3. The molecule has 92 valence electrons. The van der Waals surface area contributed by atoms with Crippen molar-refractivity contribution in [1.29, 1.82) is 0 Å². The number of hydrogen-bond donors (Lipinski definition) is 1. The van der Waals surface area contributed by atoms with Crippen LogP contribution < -0.4 is 0 Å². The monoisotopic (exact) mass is 258 g/mol. The first-order valence-corrected chi connectivity index (χ1v) is 6.05. The molecule has 0 radical (unpaired) electrons. The first-order chi connectivity index (χ1) is 8.68. The predicted octanol–water partition coefficient (Wildman–Crippen LogP) is 2.64. The third kappa shape index (κ3) is 2.90. The second kappa shape index (κ2) is 5.69. The maximum atomic E-state index is 12.2. The number of carbonyl (C=O) groups excluding carboxylic acids is 1. The molecule has 0 aliphatic heterocycles. The summed E-state index contributed by atoms with van der Waals surface area (Å²) < 4.78 is 0. The zero-order valence-corrected chi connectivity index (χ0v) is 11.0. The molecule has 1 amide bonds. The van der Waals surface area contributed by atoms with E-state index < -0.39 is 0 Å². The highest BCUT2D eigenvalue weighted by molar-refractivity contribution is 7.80. The lowest BCUT2D eigenvalue weighted by atomic mass is 10.2. The fourth-order valence-corrected chi connectivity index (χ4v) is 1.95. The Bertz CT molecular complexity index is 543. The van der Waals surface area contributed by atoms with Crippen LogP contribution in [0.3, 0.4) is 0 Å². The smallest absolute Gasteiger partial charge is 0.255 e. The van der Waals surface area contributed by atoms with Gasteiger partial charge in [-0.25, -0.2) is 0 Å². The van der Waals surface area contributed by atoms with Crippen molar-refractivity contribution in [2.24, 2.45) is 0 Å². The van der Waals surface area contributed by atoms with Crippen LogP contribution in [0.1, 0.15) is 15.9 Å². The zero-order chi connectivity index (χ0) is 13.0. The first-order valence-electron chi connectivity index (χ1n) is 5.61. The number of aromatic nitrogens is 1. The Morgan fingerprint density at radius 1 is 1.22 bits per heavy atom. The lowest BCUT2D eigenvalue weighted by molar-refractivity contribution is 0.0781. The van der Waals surface area contributed by atoms with Gasteiger partial charge in [-0.2, -0.15) is 0 Å². The summed E-state index contributed by atoms with van der Waals surface area (Å²) in [6.07, 6.45) is 3.44. The van der Waals surface area contributed by atoms with Crippen LogP contribution in [0.2, 0.25) is 0 Å². The molecule has 3 nitrogen and oxygen atoms in total. The van der Waals surface area contributed by atoms with Crippen molar-refractivity contribution in [2.45, 2.75) is 11.4 Å². The van der Waals surface area contributed by atoms with E-state index in [1.807, 2.05) is 30.3 Å². The molecule has 0 aliphatic carbocycles. The SMILES string of the molecule is CN(Cc1ccncc1)C(=O)c1ccccc1S. The average molecular weight is 258 g/mol. The molecule has 0 aliphatic rings. The quantitative estimate of drug-likeness (QED) is 0.859. The summed E-state index contributed by atoms with van der Waals surface area (Å²) in [5.74, 6) is -0.0302. The van der Waals surface area contributed by atoms with Crippen LogP contribution in [-0.2, 0) is 6.54 Å². The second-order valence-electron chi connectivity index (χ2n) is 4.03. The summed E-state index contributed by atoms with van der Waals surface area (Å²) in [5.41, 5.74) is 1.68. The minimum atomic E-state index is -0.0302. The molecule has 18 heavy (non-hydrogen) atoms. The van der Waals surface area contributed by atoms with Crippen molar-refractivity contribution in [3.05, 3.63) is 59.9 Å². The van der Waals surface area contributed by atoms with Crippen LogP contribution >= 0.6 is 12.6 Å². The topological polar surface area (TPSA) is 33.2 Å². The first kappa shape index (κ1) is 12.6. The van der Waals surface area contributed by atoms with Gasteiger partial charge in [0.15, 0.2) is 0 Å². The molecule has 0 fully saturated rings. The van der Waals surface area contributed by atoms with E-state index in [-0.39, 0.29) is 5.91 Å². The standard InChI is InChI=1S/C14H14N2OS/c1-16(10-11-6-8-15-9-7-11)14(17)12-4-2-3-5-13(12)18/h2-9,18H,10H2,1H3. The van der Waals surface area contributed by atoms with Crippen LogP contribution in [0.5, 0.6) is 0 Å². The average Bonchev–Trinajstić information content (AvgIpc) is 2.39. The van der Waals surface area contributed by atoms with Gasteiger partial charge in [-0.15, -0.1) is 12.6 Å². The van der Waals surface area contributed by atoms with Gasteiger partial charge in [-0.3, -0.25) is 9.78 Å². The highest BCUT2D eigenvalue weighted by Crippen LogP contribution is 2.15. The highest BCUT2D eigenvalue weighted by Gasteiger charge is 2.13. The van der Waals surface area contributed by atoms with Gasteiger partial charge in [0.2, 0.25) is 0 Å². The van der Waals surface area contributed by atoms with Gasteiger partial charge in [0.25, 0.3) is 5.91 Å². The van der Waals surface area contributed by atoms with E-state index in [0.29, 0.717) is 17.0 Å². The molecule has 0 bridgehead atoms. The van der Waals surface area contributed by atoms with Crippen molar-refractivity contribution in [2.75, 3.05) is 7.05 Å². The highest BCUT2D eigenvalue weighted by atomic mass is 32.1. The summed E-state index contributed by atoms with van der Waals surface area (Å²) in [4.78, 5) is 18.6. The molecule has 2 rings (SSSR count). The van der Waals surface area contributed by atoms with Gasteiger partial charge < -0.3 is 4.90 Å². The normalized spacial score (nSPS) is 10.1. The number of amides is 1. The number of thiol groups is 1. The Morgan fingerprint density at radius 2 is 1.89 bits per heavy atom. The molecule has 4 heteroatoms. The van der Waals surface area contributed by atoms with Crippen molar-refractivity contribution in [3.8, 4) is 0 Å². The lowest BCUT2D eigenvalue weighted by Gasteiger charge is -2.18. The van der Waals surface area contributed by atoms with Crippen LogP contribution in [-0.4, -0.2) is 22.8 Å². The van der Waals surface area contributed by atoms with Crippen LogP contribution in [0.25, 0.3) is 0 Å². The van der Waals surface area contributed by atoms with E-state index in [1.165, 1.54) is 0 Å². The van der Waals surface area contributed by atoms with Gasteiger partial charge in [-0.1, -0.05) is 12.1 Å². The number of pyridine rings is 1. The Kier molecular flexibility index (Phi) is 3.99. The Hall–Kier alpha value is -1.81. The van der Waals surface area contributed by atoms with Gasteiger partial charge in [0.05, 0.1) is 5.56 Å². The Labute approximate surface area is 112 Å². The second-order valence-corrected chi connectivity index (χ2v) is 4.52. The molecular weight excluding hydrogens is 244 g/mol. The molecule has 0 saturated carbocycles. The van der Waals surface area contributed by atoms with E-state index in [4.69, 9.17) is 0 Å². The lowest BCUT2D eigenvalue weighted by Crippen LogP contribution is -2.26. The summed E-state index contributed by atoms with van der Waals surface area (Å²) in [7, 11) is 1.78. The third-order valence-corrected chi connectivity index (χ3v) is 3.04. The molecule has 0 atom stereocenters. The third-order valence-electron chi connectivity index (χ3n) is 2.65. The fraction of sp³-hybridized carbons (Fsp3) is 0.143. The largest absolute Gasteiger partial charge is 0.337 e. The molecule has 0 spiro atoms. The Balaban J connectivity index is 2.13. The minimum absolute atomic E-state index is 0.0302. The van der Waals surface area contributed by atoms with E-state index in [0.717, 1.165) is 5.56 Å². The summed E-state index contributed by atoms with van der Waals surface area (Å²) in [6.45, 7) is 0.559. The van der Waals surface area contributed by atoms with E-state index in [9.17, 15) is 4.79 Å². The van der Waals surface area contributed by atoms with Gasteiger partial charge in [-0.05, 0) is 29.8 Å². The molecule has 0 unspecified atom stereocenters. The van der Waals surface area contributed by atoms with E-state index >= 15 is 0 Å². The van der Waals surface area contributed by atoms with E-state index in [1.54, 1.807) is 30.4 Å². The van der Waals surface area contributed by atoms with Crippen molar-refractivity contribution >= 4 is 18.5 Å². The number of carbonyl (C=O) groups is 1. The Morgan fingerprint density at radius 3 is 2.56 bits per heavy atom. The summed E-state index contributed by atoms with van der Waals surface area (Å²) >= 11 is 4.30. The summed E-state index contributed by atoms with van der Waals surface area (Å²) in [6, 6.07) is 11.1. The van der Waals surface area contributed by atoms with Gasteiger partial charge >= 0.3 is 0 Å². The molecule has 0 N–H and O–H groups in total. The number of benzene rings is 1. The minimum Gasteiger partial charge on any atom is -0.337 e.